The average Bonchev–Trinajstić information content (AvgIpc) is 2.70. The van der Waals surface area contributed by atoms with Crippen molar-refractivity contribution in [1.29, 1.82) is 0 Å². The first-order valence-corrected chi connectivity index (χ1v) is 6.75. The highest BCUT2D eigenvalue weighted by Crippen LogP contribution is 2.30. The van der Waals surface area contributed by atoms with Gasteiger partial charge < -0.3 is 10.8 Å². The molecule has 1 heterocycles. The molecule has 3 N–H and O–H groups in total. The van der Waals surface area contributed by atoms with Crippen molar-refractivity contribution in [2.75, 3.05) is 20.1 Å². The van der Waals surface area contributed by atoms with Crippen molar-refractivity contribution >= 4 is 11.3 Å². The number of hydrogen-bond donors (Lipinski definition) is 2. The molecule has 0 bridgehead atoms. The average molecular weight is 240 g/mol. The van der Waals surface area contributed by atoms with Crippen LogP contribution in [0.15, 0.2) is 16.8 Å². The molecule has 2 rings (SSSR count). The van der Waals surface area contributed by atoms with Crippen LogP contribution in [0.2, 0.25) is 0 Å². The Hall–Kier alpha value is -0.420. The van der Waals surface area contributed by atoms with Gasteiger partial charge in [0, 0.05) is 19.1 Å². The third-order valence-electron chi connectivity index (χ3n) is 3.44. The summed E-state index contributed by atoms with van der Waals surface area (Å²) in [5, 5.41) is 13.5. The number of nitrogens with zero attached hydrogens (tertiary/aromatic N) is 1. The van der Waals surface area contributed by atoms with E-state index in [1.807, 2.05) is 0 Å². The minimum absolute atomic E-state index is 0.0594. The highest BCUT2D eigenvalue weighted by atomic mass is 32.1. The number of aliphatic hydroxyl groups is 1. The summed E-state index contributed by atoms with van der Waals surface area (Å²) in [5.41, 5.74) is 7.16. The Bertz CT molecular complexity index is 309. The van der Waals surface area contributed by atoms with Crippen molar-refractivity contribution in [2.45, 2.75) is 25.0 Å². The Morgan fingerprint density at radius 1 is 1.62 bits per heavy atom. The van der Waals surface area contributed by atoms with E-state index in [0.717, 1.165) is 19.4 Å². The molecule has 1 aliphatic carbocycles. The molecule has 3 nitrogen and oxygen atoms in total. The number of hydrogen-bond acceptors (Lipinski definition) is 4. The lowest BCUT2D eigenvalue weighted by Gasteiger charge is -2.37. The molecule has 4 heteroatoms. The van der Waals surface area contributed by atoms with Crippen molar-refractivity contribution in [3.63, 3.8) is 0 Å². The third-order valence-corrected chi connectivity index (χ3v) is 4.14. The van der Waals surface area contributed by atoms with Crippen molar-refractivity contribution < 1.29 is 5.11 Å². The van der Waals surface area contributed by atoms with E-state index in [1.54, 1.807) is 11.3 Å². The molecule has 0 aromatic carbocycles. The van der Waals surface area contributed by atoms with Gasteiger partial charge in [0.1, 0.15) is 0 Å². The van der Waals surface area contributed by atoms with Crippen molar-refractivity contribution in [1.82, 2.24) is 4.90 Å². The van der Waals surface area contributed by atoms with Gasteiger partial charge in [-0.25, -0.2) is 0 Å². The number of likely N-dealkylation sites (N-methyl/N-ethyl adjacent to an activating group) is 1. The zero-order valence-electron chi connectivity index (χ0n) is 9.67. The lowest BCUT2D eigenvalue weighted by atomic mass is 9.82. The van der Waals surface area contributed by atoms with Gasteiger partial charge in [0.2, 0.25) is 0 Å². The maximum Gasteiger partial charge on any atom is 0.0546 e. The predicted molar refractivity (Wildman–Crippen MR) is 67.5 cm³/mol. The van der Waals surface area contributed by atoms with Crippen LogP contribution < -0.4 is 5.73 Å². The van der Waals surface area contributed by atoms with Crippen LogP contribution in [-0.2, 0) is 0 Å². The van der Waals surface area contributed by atoms with E-state index in [-0.39, 0.29) is 6.10 Å². The summed E-state index contributed by atoms with van der Waals surface area (Å²) in [6.45, 7) is 1.69. The van der Waals surface area contributed by atoms with E-state index in [4.69, 9.17) is 5.73 Å². The number of thiophene rings is 1. The van der Waals surface area contributed by atoms with Gasteiger partial charge in [-0.3, -0.25) is 4.90 Å². The van der Waals surface area contributed by atoms with Crippen LogP contribution in [0.1, 0.15) is 24.4 Å². The molecule has 1 aromatic heterocycles. The first-order chi connectivity index (χ1) is 7.70. The first kappa shape index (κ1) is 12.0. The zero-order chi connectivity index (χ0) is 11.5. The van der Waals surface area contributed by atoms with Crippen molar-refractivity contribution in [3.8, 4) is 0 Å². The van der Waals surface area contributed by atoms with Gasteiger partial charge in [-0.15, -0.1) is 0 Å². The smallest absolute Gasteiger partial charge is 0.0546 e. The second-order valence-corrected chi connectivity index (χ2v) is 5.52. The maximum absolute atomic E-state index is 9.27. The highest BCUT2D eigenvalue weighted by Gasteiger charge is 2.29. The Labute approximate surface area is 101 Å². The van der Waals surface area contributed by atoms with Crippen LogP contribution in [-0.4, -0.2) is 36.2 Å². The molecule has 1 aliphatic rings. The van der Waals surface area contributed by atoms with Gasteiger partial charge in [-0.05, 0) is 48.2 Å². The molecule has 1 atom stereocenters. The Balaban J connectivity index is 1.89. The van der Waals surface area contributed by atoms with E-state index >= 15 is 0 Å². The van der Waals surface area contributed by atoms with Crippen LogP contribution in [0.5, 0.6) is 0 Å². The van der Waals surface area contributed by atoms with Crippen LogP contribution >= 0.6 is 11.3 Å². The van der Waals surface area contributed by atoms with Crippen LogP contribution in [0.25, 0.3) is 0 Å². The van der Waals surface area contributed by atoms with Gasteiger partial charge >= 0.3 is 0 Å². The lowest BCUT2D eigenvalue weighted by molar-refractivity contribution is 0.0224. The molecule has 1 aromatic rings. The predicted octanol–water partition coefficient (Wildman–Crippen LogP) is 1.45. The lowest BCUT2D eigenvalue weighted by Crippen LogP contribution is -2.40. The van der Waals surface area contributed by atoms with Gasteiger partial charge in [0.25, 0.3) is 0 Å². The Morgan fingerprint density at radius 2 is 2.38 bits per heavy atom. The van der Waals surface area contributed by atoms with E-state index in [9.17, 15) is 5.11 Å². The summed E-state index contributed by atoms with van der Waals surface area (Å²) in [5.74, 6) is 0.646. The molecule has 0 saturated heterocycles. The summed E-state index contributed by atoms with van der Waals surface area (Å²) in [6, 6.07) is 2.47. The Kier molecular flexibility index (Phi) is 3.97. The molecule has 90 valence electrons. The zero-order valence-corrected chi connectivity index (χ0v) is 10.5. The topological polar surface area (TPSA) is 49.5 Å². The largest absolute Gasteiger partial charge is 0.393 e. The monoisotopic (exact) mass is 240 g/mol. The second-order valence-electron chi connectivity index (χ2n) is 4.74. The fourth-order valence-electron chi connectivity index (χ4n) is 2.42. The standard InChI is InChI=1S/C12H20N2OS/c1-14(7-9-4-11(15)5-9)12(6-13)10-2-3-16-8-10/h2-3,8-9,11-12,15H,4-7,13H2,1H3. The maximum atomic E-state index is 9.27. The molecule has 0 aliphatic heterocycles. The second kappa shape index (κ2) is 5.27. The highest BCUT2D eigenvalue weighted by molar-refractivity contribution is 7.07. The minimum Gasteiger partial charge on any atom is -0.393 e. The fourth-order valence-corrected chi connectivity index (χ4v) is 3.13. The quantitative estimate of drug-likeness (QED) is 0.819. The summed E-state index contributed by atoms with van der Waals surface area (Å²) in [6.07, 6.45) is 1.84. The third kappa shape index (κ3) is 2.63. The van der Waals surface area contributed by atoms with E-state index in [1.165, 1.54) is 5.56 Å². The van der Waals surface area contributed by atoms with Crippen molar-refractivity contribution in [2.24, 2.45) is 11.7 Å². The molecule has 16 heavy (non-hydrogen) atoms. The SMILES string of the molecule is CN(CC1CC(O)C1)C(CN)c1ccsc1. The summed E-state index contributed by atoms with van der Waals surface area (Å²) in [4.78, 5) is 2.32. The molecular formula is C12H20N2OS. The van der Waals surface area contributed by atoms with Gasteiger partial charge in [-0.2, -0.15) is 11.3 Å². The van der Waals surface area contributed by atoms with Crippen LogP contribution in [0.3, 0.4) is 0 Å². The molecule has 1 fully saturated rings. The van der Waals surface area contributed by atoms with Gasteiger partial charge in [-0.1, -0.05) is 0 Å². The number of aliphatic hydroxyl groups excluding tert-OH is 1. The first-order valence-electron chi connectivity index (χ1n) is 5.81. The van der Waals surface area contributed by atoms with Crippen molar-refractivity contribution in [3.05, 3.63) is 22.4 Å². The number of rotatable bonds is 5. The van der Waals surface area contributed by atoms with Gasteiger partial charge in [0.15, 0.2) is 0 Å². The summed E-state index contributed by atoms with van der Waals surface area (Å²) in [7, 11) is 2.12. The van der Waals surface area contributed by atoms with E-state index in [2.05, 4.69) is 28.8 Å². The molecule has 1 saturated carbocycles. The molecule has 0 radical (unpaired) electrons. The molecule has 0 amide bonds. The summed E-state index contributed by atoms with van der Waals surface area (Å²) < 4.78 is 0. The minimum atomic E-state index is -0.0594. The number of nitrogens with two attached hydrogens (primary N) is 1. The molecule has 0 spiro atoms. The Morgan fingerprint density at radius 3 is 2.88 bits per heavy atom. The van der Waals surface area contributed by atoms with E-state index < -0.39 is 0 Å². The van der Waals surface area contributed by atoms with Crippen LogP contribution in [0, 0.1) is 5.92 Å². The van der Waals surface area contributed by atoms with Crippen LogP contribution in [0.4, 0.5) is 0 Å². The fraction of sp³-hybridized carbons (Fsp3) is 0.667. The summed E-state index contributed by atoms with van der Waals surface area (Å²) >= 11 is 1.72. The van der Waals surface area contributed by atoms with Gasteiger partial charge in [0.05, 0.1) is 6.10 Å². The molecule has 1 unspecified atom stereocenters. The normalized spacial score (nSPS) is 26.8. The molecular weight excluding hydrogens is 220 g/mol. The van der Waals surface area contributed by atoms with E-state index in [0.29, 0.717) is 18.5 Å².